The van der Waals surface area contributed by atoms with Crippen molar-refractivity contribution in [2.45, 2.75) is 0 Å². The van der Waals surface area contributed by atoms with E-state index in [0.29, 0.717) is 10.6 Å². The van der Waals surface area contributed by atoms with Gasteiger partial charge in [-0.05, 0) is 42.0 Å². The first-order valence-corrected chi connectivity index (χ1v) is 9.49. The van der Waals surface area contributed by atoms with Crippen LogP contribution in [0.4, 0.5) is 5.69 Å². The first-order chi connectivity index (χ1) is 15.2. The molecule has 2 aromatic carbocycles. The minimum atomic E-state index is -1.13. The Labute approximate surface area is 189 Å². The summed E-state index contributed by atoms with van der Waals surface area (Å²) in [6.07, 6.45) is 2.60. The maximum Gasteiger partial charge on any atom is 0.357 e. The number of nitrogens with zero attached hydrogens (tertiary/aromatic N) is 1. The summed E-state index contributed by atoms with van der Waals surface area (Å²) in [6, 6.07) is 8.78. The third kappa shape index (κ3) is 5.05. The minimum Gasteiger partial charge on any atom is -0.493 e. The third-order valence-electron chi connectivity index (χ3n) is 4.11. The van der Waals surface area contributed by atoms with Crippen LogP contribution >= 0.6 is 23.2 Å². The summed E-state index contributed by atoms with van der Waals surface area (Å²) < 4.78 is 10.6. The first-order valence-electron chi connectivity index (χ1n) is 8.74. The number of ether oxygens (including phenoxy) is 2. The Morgan fingerprint density at radius 1 is 1.06 bits per heavy atom. The lowest BCUT2D eigenvalue weighted by molar-refractivity contribution is -0.386. The predicted octanol–water partition coefficient (Wildman–Crippen LogP) is 3.68. The van der Waals surface area contributed by atoms with Crippen molar-refractivity contribution in [2.75, 3.05) is 7.11 Å². The summed E-state index contributed by atoms with van der Waals surface area (Å²) in [4.78, 5) is 49.8. The molecule has 3 rings (SSSR count). The molecule has 32 heavy (non-hydrogen) atoms. The van der Waals surface area contributed by atoms with Crippen LogP contribution in [0.2, 0.25) is 10.0 Å². The number of esters is 1. The smallest absolute Gasteiger partial charge is 0.357 e. The van der Waals surface area contributed by atoms with Crippen LogP contribution in [0.25, 0.3) is 12.2 Å². The molecule has 0 atom stereocenters. The molecular weight excluding hydrogens is 465 g/mol. The Kier molecular flexibility index (Phi) is 6.76. The Morgan fingerprint density at radius 3 is 2.47 bits per heavy atom. The largest absolute Gasteiger partial charge is 0.493 e. The van der Waals surface area contributed by atoms with E-state index in [-0.39, 0.29) is 27.8 Å². The fourth-order valence-corrected chi connectivity index (χ4v) is 3.15. The van der Waals surface area contributed by atoms with Gasteiger partial charge >= 0.3 is 22.9 Å². The molecule has 164 valence electrons. The van der Waals surface area contributed by atoms with E-state index in [9.17, 15) is 24.5 Å². The topological polar surface area (TPSA) is 144 Å². The van der Waals surface area contributed by atoms with Crippen molar-refractivity contribution in [2.24, 2.45) is 0 Å². The van der Waals surface area contributed by atoms with Gasteiger partial charge in [0, 0.05) is 5.02 Å². The van der Waals surface area contributed by atoms with Crippen LogP contribution in [-0.4, -0.2) is 28.0 Å². The molecule has 0 bridgehead atoms. The van der Waals surface area contributed by atoms with Gasteiger partial charge in [-0.2, -0.15) is 0 Å². The van der Waals surface area contributed by atoms with Gasteiger partial charge in [0.1, 0.15) is 5.69 Å². The number of nitrogens with one attached hydrogen (secondary N) is 2. The quantitative estimate of drug-likeness (QED) is 0.238. The summed E-state index contributed by atoms with van der Waals surface area (Å²) in [6.45, 7) is 0. The minimum absolute atomic E-state index is 0.0937. The zero-order chi connectivity index (χ0) is 23.4. The van der Waals surface area contributed by atoms with Crippen LogP contribution < -0.4 is 20.7 Å². The number of hydrogen-bond acceptors (Lipinski definition) is 7. The molecule has 0 radical (unpaired) electrons. The van der Waals surface area contributed by atoms with Gasteiger partial charge in [0.25, 0.3) is 0 Å². The monoisotopic (exact) mass is 477 g/mol. The van der Waals surface area contributed by atoms with Crippen molar-refractivity contribution in [1.82, 2.24) is 9.97 Å². The van der Waals surface area contributed by atoms with Gasteiger partial charge in [0.15, 0.2) is 11.5 Å². The van der Waals surface area contributed by atoms with Gasteiger partial charge in [-0.3, -0.25) is 19.9 Å². The van der Waals surface area contributed by atoms with E-state index in [2.05, 4.69) is 4.98 Å². The average Bonchev–Trinajstić information content (AvgIpc) is 2.72. The van der Waals surface area contributed by atoms with E-state index in [1.54, 1.807) is 4.98 Å². The summed E-state index contributed by atoms with van der Waals surface area (Å²) in [7, 11) is 1.36. The molecule has 0 saturated heterocycles. The highest BCUT2D eigenvalue weighted by Crippen LogP contribution is 2.31. The number of hydrogen-bond donors (Lipinski definition) is 2. The molecule has 1 aromatic heterocycles. The maximum atomic E-state index is 12.4. The number of carbonyl (C=O) groups is 1. The molecule has 0 unspecified atom stereocenters. The van der Waals surface area contributed by atoms with Gasteiger partial charge in [0.2, 0.25) is 0 Å². The van der Waals surface area contributed by atoms with Gasteiger partial charge < -0.3 is 14.5 Å². The molecular formula is C20H13Cl2N3O7. The van der Waals surface area contributed by atoms with Crippen LogP contribution in [0.1, 0.15) is 21.6 Å². The van der Waals surface area contributed by atoms with Crippen molar-refractivity contribution < 1.29 is 19.2 Å². The molecule has 0 aliphatic carbocycles. The average molecular weight is 478 g/mol. The molecule has 0 amide bonds. The number of carbonyl (C=O) groups excluding carboxylic acids is 1. The van der Waals surface area contributed by atoms with Crippen molar-refractivity contribution in [3.8, 4) is 11.5 Å². The number of H-pyrrole nitrogens is 2. The zero-order valence-electron chi connectivity index (χ0n) is 16.2. The second-order valence-electron chi connectivity index (χ2n) is 6.18. The lowest BCUT2D eigenvalue weighted by atomic mass is 10.1. The summed E-state index contributed by atoms with van der Waals surface area (Å²) in [5.74, 6) is -0.458. The normalized spacial score (nSPS) is 10.8. The second kappa shape index (κ2) is 9.50. The SMILES string of the molecule is COc1cc(C=Cc2[nH]c(=O)[nH]c(=O)c2[N+](=O)[O-])ccc1OC(=O)c1ccc(Cl)cc1Cl. The summed E-state index contributed by atoms with van der Waals surface area (Å²) in [5, 5.41) is 11.6. The zero-order valence-corrected chi connectivity index (χ0v) is 17.7. The number of benzene rings is 2. The molecule has 0 aliphatic rings. The number of nitro groups is 1. The van der Waals surface area contributed by atoms with E-state index in [0.717, 1.165) is 0 Å². The molecule has 0 aliphatic heterocycles. The van der Waals surface area contributed by atoms with E-state index in [1.165, 1.54) is 55.7 Å². The lowest BCUT2D eigenvalue weighted by Gasteiger charge is -2.11. The van der Waals surface area contributed by atoms with E-state index in [1.807, 2.05) is 0 Å². The van der Waals surface area contributed by atoms with Crippen LogP contribution in [0.5, 0.6) is 11.5 Å². The van der Waals surface area contributed by atoms with Gasteiger partial charge in [-0.25, -0.2) is 9.59 Å². The summed E-state index contributed by atoms with van der Waals surface area (Å²) >= 11 is 11.8. The van der Waals surface area contributed by atoms with Crippen molar-refractivity contribution >= 4 is 47.0 Å². The Morgan fingerprint density at radius 2 is 1.81 bits per heavy atom. The van der Waals surface area contributed by atoms with Crippen molar-refractivity contribution in [3.63, 3.8) is 0 Å². The number of halogens is 2. The standard InChI is InChI=1S/C20H13Cl2N3O7/c1-31-16-8-10(2-6-14-17(25(29)30)18(26)24-20(28)23-14)3-7-15(16)32-19(27)12-5-4-11(21)9-13(12)22/h2-9H,1H3,(H2,23,24,26,28). The molecule has 0 spiro atoms. The Balaban J connectivity index is 1.89. The molecule has 0 saturated carbocycles. The van der Waals surface area contributed by atoms with Gasteiger partial charge in [0.05, 0.1) is 22.6 Å². The number of aromatic amines is 2. The highest BCUT2D eigenvalue weighted by molar-refractivity contribution is 6.36. The fraction of sp³-hybridized carbons (Fsp3) is 0.0500. The molecule has 12 heteroatoms. The molecule has 2 N–H and O–H groups in total. The van der Waals surface area contributed by atoms with E-state index in [4.69, 9.17) is 32.7 Å². The number of methoxy groups -OCH3 is 1. The van der Waals surface area contributed by atoms with Gasteiger partial charge in [-0.1, -0.05) is 35.3 Å². The van der Waals surface area contributed by atoms with Crippen LogP contribution in [0, 0.1) is 10.1 Å². The van der Waals surface area contributed by atoms with Gasteiger partial charge in [-0.15, -0.1) is 0 Å². The maximum absolute atomic E-state index is 12.4. The third-order valence-corrected chi connectivity index (χ3v) is 4.66. The Bertz CT molecular complexity index is 1360. The highest BCUT2D eigenvalue weighted by atomic mass is 35.5. The highest BCUT2D eigenvalue weighted by Gasteiger charge is 2.19. The molecule has 0 fully saturated rings. The van der Waals surface area contributed by atoms with Crippen molar-refractivity contribution in [3.05, 3.63) is 94.2 Å². The Hall–Kier alpha value is -3.89. The molecule has 1 heterocycles. The van der Waals surface area contributed by atoms with Crippen LogP contribution in [0.3, 0.4) is 0 Å². The number of aromatic nitrogens is 2. The van der Waals surface area contributed by atoms with Crippen molar-refractivity contribution in [1.29, 1.82) is 0 Å². The molecule has 3 aromatic rings. The predicted molar refractivity (Wildman–Crippen MR) is 118 cm³/mol. The van der Waals surface area contributed by atoms with Crippen LogP contribution in [-0.2, 0) is 0 Å². The molecule has 10 nitrogen and oxygen atoms in total. The summed E-state index contributed by atoms with van der Waals surface area (Å²) in [5.41, 5.74) is -2.52. The van der Waals surface area contributed by atoms with E-state index < -0.39 is 27.8 Å². The fourth-order valence-electron chi connectivity index (χ4n) is 2.66. The van der Waals surface area contributed by atoms with Crippen LogP contribution in [0.15, 0.2) is 46.0 Å². The first kappa shape index (κ1) is 22.8. The lowest BCUT2D eigenvalue weighted by Crippen LogP contribution is -2.25. The number of rotatable bonds is 6. The van der Waals surface area contributed by atoms with E-state index >= 15 is 0 Å². The second-order valence-corrected chi connectivity index (χ2v) is 7.03.